The van der Waals surface area contributed by atoms with Crippen molar-refractivity contribution in [2.24, 2.45) is 0 Å². The van der Waals surface area contributed by atoms with Crippen molar-refractivity contribution in [3.05, 3.63) is 88.8 Å². The van der Waals surface area contributed by atoms with E-state index in [1.165, 1.54) is 0 Å². The molecule has 4 nitrogen and oxygen atoms in total. The molecule has 0 spiro atoms. The van der Waals surface area contributed by atoms with E-state index in [4.69, 9.17) is 20.8 Å². The highest BCUT2D eigenvalue weighted by molar-refractivity contribution is 6.30. The number of benzene rings is 2. The van der Waals surface area contributed by atoms with Gasteiger partial charge in [-0.1, -0.05) is 23.7 Å². The van der Waals surface area contributed by atoms with Gasteiger partial charge in [-0.15, -0.1) is 0 Å². The van der Waals surface area contributed by atoms with Crippen LogP contribution in [0, 0.1) is 0 Å². The van der Waals surface area contributed by atoms with E-state index in [-0.39, 0.29) is 12.0 Å². The van der Waals surface area contributed by atoms with Crippen molar-refractivity contribution in [2.45, 2.75) is 33.0 Å². The minimum Gasteiger partial charge on any atom is -0.491 e. The number of furan rings is 1. The van der Waals surface area contributed by atoms with E-state index in [0.29, 0.717) is 23.7 Å². The van der Waals surface area contributed by atoms with Gasteiger partial charge in [0, 0.05) is 17.1 Å². The van der Waals surface area contributed by atoms with Crippen LogP contribution in [0.3, 0.4) is 0 Å². The van der Waals surface area contributed by atoms with Crippen LogP contribution in [0.2, 0.25) is 5.02 Å². The summed E-state index contributed by atoms with van der Waals surface area (Å²) in [6.07, 6.45) is 1.70. The van der Waals surface area contributed by atoms with Crippen molar-refractivity contribution in [1.82, 2.24) is 4.90 Å². The molecule has 3 rings (SSSR count). The molecule has 0 aliphatic carbocycles. The first kappa shape index (κ1) is 19.1. The Balaban J connectivity index is 1.80. The predicted molar refractivity (Wildman–Crippen MR) is 106 cm³/mol. The summed E-state index contributed by atoms with van der Waals surface area (Å²) in [6, 6.07) is 18.4. The smallest absolute Gasteiger partial charge is 0.254 e. The standard InChI is InChI=1S/C22H22ClNO3/c1-16(2)27-20-11-7-18(8-12-20)22(25)24(15-21-4-3-13-26-21)14-17-5-9-19(23)10-6-17/h3-13,16H,14-15H2,1-2H3. The highest BCUT2D eigenvalue weighted by atomic mass is 35.5. The van der Waals surface area contributed by atoms with Gasteiger partial charge in [-0.05, 0) is 67.9 Å². The van der Waals surface area contributed by atoms with Crippen LogP contribution >= 0.6 is 11.6 Å². The molecule has 0 radical (unpaired) electrons. The quantitative estimate of drug-likeness (QED) is 0.536. The SMILES string of the molecule is CC(C)Oc1ccc(C(=O)N(Cc2ccc(Cl)cc2)Cc2ccco2)cc1. The van der Waals surface area contributed by atoms with E-state index >= 15 is 0 Å². The summed E-state index contributed by atoms with van der Waals surface area (Å²) in [6.45, 7) is 4.78. The normalized spacial score (nSPS) is 10.8. The summed E-state index contributed by atoms with van der Waals surface area (Å²) >= 11 is 5.97. The molecule has 0 N–H and O–H groups in total. The van der Waals surface area contributed by atoms with Gasteiger partial charge in [-0.3, -0.25) is 4.79 Å². The van der Waals surface area contributed by atoms with Crippen LogP contribution in [0.15, 0.2) is 71.3 Å². The first-order chi connectivity index (χ1) is 13.0. The molecule has 0 fully saturated rings. The number of nitrogens with zero attached hydrogens (tertiary/aromatic N) is 1. The number of hydrogen-bond donors (Lipinski definition) is 0. The van der Waals surface area contributed by atoms with Gasteiger partial charge in [0.05, 0.1) is 18.9 Å². The van der Waals surface area contributed by atoms with Gasteiger partial charge in [0.2, 0.25) is 0 Å². The van der Waals surface area contributed by atoms with E-state index in [2.05, 4.69) is 0 Å². The van der Waals surface area contributed by atoms with Gasteiger partial charge in [0.15, 0.2) is 0 Å². The van der Waals surface area contributed by atoms with Crippen molar-refractivity contribution >= 4 is 17.5 Å². The average molecular weight is 384 g/mol. The van der Waals surface area contributed by atoms with Crippen molar-refractivity contribution < 1.29 is 13.9 Å². The second-order valence-corrected chi connectivity index (χ2v) is 6.99. The van der Waals surface area contributed by atoms with Gasteiger partial charge in [-0.2, -0.15) is 0 Å². The molecule has 0 atom stereocenters. The third kappa shape index (κ3) is 5.38. The van der Waals surface area contributed by atoms with Gasteiger partial charge < -0.3 is 14.1 Å². The zero-order chi connectivity index (χ0) is 19.2. The van der Waals surface area contributed by atoms with Crippen LogP contribution in [0.25, 0.3) is 0 Å². The molecule has 27 heavy (non-hydrogen) atoms. The second kappa shape index (κ2) is 8.78. The van der Waals surface area contributed by atoms with Gasteiger partial charge in [0.1, 0.15) is 11.5 Å². The Morgan fingerprint density at radius 3 is 2.33 bits per heavy atom. The van der Waals surface area contributed by atoms with Crippen molar-refractivity contribution in [3.63, 3.8) is 0 Å². The van der Waals surface area contributed by atoms with Gasteiger partial charge >= 0.3 is 0 Å². The molecule has 0 aliphatic rings. The summed E-state index contributed by atoms with van der Waals surface area (Å²) in [5.74, 6) is 1.41. The third-order valence-electron chi connectivity index (χ3n) is 3.97. The van der Waals surface area contributed by atoms with E-state index < -0.39 is 0 Å². The summed E-state index contributed by atoms with van der Waals surface area (Å²) in [4.78, 5) is 14.8. The molecule has 0 saturated heterocycles. The fraction of sp³-hybridized carbons (Fsp3) is 0.227. The fourth-order valence-corrected chi connectivity index (χ4v) is 2.86. The lowest BCUT2D eigenvalue weighted by Gasteiger charge is -2.22. The maximum Gasteiger partial charge on any atom is 0.254 e. The van der Waals surface area contributed by atoms with Crippen LogP contribution < -0.4 is 4.74 Å². The molecule has 2 aromatic carbocycles. The number of carbonyl (C=O) groups excluding carboxylic acids is 1. The number of rotatable bonds is 7. The molecule has 0 aliphatic heterocycles. The highest BCUT2D eigenvalue weighted by Crippen LogP contribution is 2.19. The molecule has 1 aromatic heterocycles. The number of halogens is 1. The van der Waals surface area contributed by atoms with E-state index in [0.717, 1.165) is 17.1 Å². The van der Waals surface area contributed by atoms with Crippen LogP contribution in [-0.4, -0.2) is 16.9 Å². The molecule has 1 amide bonds. The topological polar surface area (TPSA) is 42.7 Å². The van der Waals surface area contributed by atoms with Gasteiger partial charge in [-0.25, -0.2) is 0 Å². The first-order valence-corrected chi connectivity index (χ1v) is 9.22. The average Bonchev–Trinajstić information content (AvgIpc) is 3.16. The Bertz CT molecular complexity index is 856. The van der Waals surface area contributed by atoms with E-state index in [1.54, 1.807) is 23.3 Å². The van der Waals surface area contributed by atoms with Crippen molar-refractivity contribution in [2.75, 3.05) is 0 Å². The molecular weight excluding hydrogens is 362 g/mol. The van der Waals surface area contributed by atoms with E-state index in [1.807, 2.05) is 62.4 Å². The Labute approximate surface area is 164 Å². The maximum atomic E-state index is 13.1. The van der Waals surface area contributed by atoms with Crippen LogP contribution in [0.5, 0.6) is 5.75 Å². The number of hydrogen-bond acceptors (Lipinski definition) is 3. The molecule has 5 heteroatoms. The lowest BCUT2D eigenvalue weighted by Crippen LogP contribution is -2.30. The Hall–Kier alpha value is -2.72. The zero-order valence-electron chi connectivity index (χ0n) is 15.4. The number of carbonyl (C=O) groups is 1. The Morgan fingerprint density at radius 2 is 1.74 bits per heavy atom. The minimum atomic E-state index is -0.0718. The van der Waals surface area contributed by atoms with Crippen LogP contribution in [0.1, 0.15) is 35.5 Å². The minimum absolute atomic E-state index is 0.0718. The lowest BCUT2D eigenvalue weighted by atomic mass is 10.1. The molecular formula is C22H22ClNO3. The lowest BCUT2D eigenvalue weighted by molar-refractivity contribution is 0.0717. The largest absolute Gasteiger partial charge is 0.491 e. The van der Waals surface area contributed by atoms with Crippen LogP contribution in [0.4, 0.5) is 0 Å². The third-order valence-corrected chi connectivity index (χ3v) is 4.23. The molecule has 0 bridgehead atoms. The van der Waals surface area contributed by atoms with Gasteiger partial charge in [0.25, 0.3) is 5.91 Å². The zero-order valence-corrected chi connectivity index (χ0v) is 16.1. The first-order valence-electron chi connectivity index (χ1n) is 8.84. The summed E-state index contributed by atoms with van der Waals surface area (Å²) in [7, 11) is 0. The Morgan fingerprint density at radius 1 is 1.04 bits per heavy atom. The van der Waals surface area contributed by atoms with Crippen LogP contribution in [-0.2, 0) is 13.1 Å². The monoisotopic (exact) mass is 383 g/mol. The summed E-state index contributed by atoms with van der Waals surface area (Å²) in [5.41, 5.74) is 1.60. The predicted octanol–water partition coefficient (Wildman–Crippen LogP) is 5.56. The molecule has 0 unspecified atom stereocenters. The number of ether oxygens (including phenoxy) is 1. The summed E-state index contributed by atoms with van der Waals surface area (Å²) < 4.78 is 11.1. The van der Waals surface area contributed by atoms with E-state index in [9.17, 15) is 4.79 Å². The fourth-order valence-electron chi connectivity index (χ4n) is 2.73. The molecule has 3 aromatic rings. The molecule has 1 heterocycles. The second-order valence-electron chi connectivity index (χ2n) is 6.56. The van der Waals surface area contributed by atoms with Crippen molar-refractivity contribution in [1.29, 1.82) is 0 Å². The Kier molecular flexibility index (Phi) is 6.20. The maximum absolute atomic E-state index is 13.1. The molecule has 140 valence electrons. The number of amides is 1. The summed E-state index contributed by atoms with van der Waals surface area (Å²) in [5, 5.41) is 0.670. The molecule has 0 saturated carbocycles. The van der Waals surface area contributed by atoms with Crippen molar-refractivity contribution in [3.8, 4) is 5.75 Å². The highest BCUT2D eigenvalue weighted by Gasteiger charge is 2.18.